The molecule has 0 saturated carbocycles. The van der Waals surface area contributed by atoms with E-state index in [0.717, 1.165) is 0 Å². The van der Waals surface area contributed by atoms with E-state index in [4.69, 9.17) is 9.47 Å². The summed E-state index contributed by atoms with van der Waals surface area (Å²) in [5, 5.41) is 2.69. The van der Waals surface area contributed by atoms with Crippen LogP contribution in [0.3, 0.4) is 0 Å². The first-order valence-electron chi connectivity index (χ1n) is 9.92. The number of likely N-dealkylation sites (tertiary alicyclic amines) is 1. The molecule has 0 aliphatic carbocycles. The molecule has 11 heteroatoms. The number of imidazole rings is 1. The van der Waals surface area contributed by atoms with Crippen molar-refractivity contribution in [1.29, 1.82) is 0 Å². The Kier molecular flexibility index (Phi) is 7.38. The molecule has 0 bridgehead atoms. The predicted molar refractivity (Wildman–Crippen MR) is 102 cm³/mol. The van der Waals surface area contributed by atoms with E-state index in [2.05, 4.69) is 15.3 Å². The van der Waals surface area contributed by atoms with E-state index in [-0.39, 0.29) is 18.7 Å². The minimum absolute atomic E-state index is 0.0605. The van der Waals surface area contributed by atoms with Crippen LogP contribution in [-0.2, 0) is 22.1 Å². The number of rotatable bonds is 5. The van der Waals surface area contributed by atoms with Crippen molar-refractivity contribution in [2.75, 3.05) is 19.7 Å². The molecule has 1 aliphatic heterocycles. The molecular formula is C19H29F3N4O4. The maximum atomic E-state index is 13.1. The number of piperidine rings is 1. The van der Waals surface area contributed by atoms with Crippen molar-refractivity contribution in [2.45, 2.75) is 71.4 Å². The van der Waals surface area contributed by atoms with Gasteiger partial charge in [-0.05, 0) is 40.5 Å². The Labute approximate surface area is 173 Å². The highest BCUT2D eigenvalue weighted by molar-refractivity contribution is 5.91. The number of halogens is 3. The molecule has 2 rings (SSSR count). The maximum Gasteiger partial charge on any atom is 0.435 e. The normalized spacial score (nSPS) is 20.2. The first kappa shape index (κ1) is 24.0. The topological polar surface area (TPSA) is 96.6 Å². The zero-order chi connectivity index (χ0) is 22.7. The Morgan fingerprint density at radius 1 is 1.27 bits per heavy atom. The third kappa shape index (κ3) is 6.10. The number of alkyl halides is 3. The highest BCUT2D eigenvalue weighted by Crippen LogP contribution is 2.30. The van der Waals surface area contributed by atoms with Gasteiger partial charge in [-0.2, -0.15) is 13.2 Å². The number of aryl methyl sites for hydroxylation is 1. The van der Waals surface area contributed by atoms with Crippen molar-refractivity contribution in [3.8, 4) is 0 Å². The van der Waals surface area contributed by atoms with Crippen molar-refractivity contribution in [3.05, 3.63) is 17.2 Å². The lowest BCUT2D eigenvalue weighted by molar-refractivity contribution is -0.141. The second kappa shape index (κ2) is 9.23. The van der Waals surface area contributed by atoms with Crippen LogP contribution < -0.4 is 5.32 Å². The van der Waals surface area contributed by atoms with E-state index in [9.17, 15) is 22.8 Å². The lowest BCUT2D eigenvalue weighted by atomic mass is 10.0. The molecule has 0 spiro atoms. The number of nitrogens with zero attached hydrogens (tertiary/aromatic N) is 2. The van der Waals surface area contributed by atoms with E-state index in [1.54, 1.807) is 34.6 Å². The van der Waals surface area contributed by atoms with Crippen molar-refractivity contribution in [2.24, 2.45) is 0 Å². The monoisotopic (exact) mass is 434 g/mol. The first-order valence-corrected chi connectivity index (χ1v) is 9.92. The average Bonchev–Trinajstić information content (AvgIpc) is 3.07. The lowest BCUT2D eigenvalue weighted by Gasteiger charge is -2.38. The summed E-state index contributed by atoms with van der Waals surface area (Å²) in [6, 6.07) is -0.486. The summed E-state index contributed by atoms with van der Waals surface area (Å²) in [6.45, 7) is 9.47. The zero-order valence-electron chi connectivity index (χ0n) is 17.9. The molecule has 2 amide bonds. The van der Waals surface area contributed by atoms with Crippen molar-refractivity contribution in [1.82, 2.24) is 20.2 Å². The smallest absolute Gasteiger partial charge is 0.435 e. The fourth-order valence-corrected chi connectivity index (χ4v) is 3.20. The number of nitrogens with one attached hydrogen (secondary N) is 2. The number of ether oxygens (including phenoxy) is 2. The van der Waals surface area contributed by atoms with Gasteiger partial charge in [-0.3, -0.25) is 4.79 Å². The molecule has 2 N–H and O–H groups in total. The number of aromatic amines is 1. The fourth-order valence-electron chi connectivity index (χ4n) is 3.20. The third-order valence-corrected chi connectivity index (χ3v) is 4.52. The molecule has 2 atom stereocenters. The molecule has 0 aromatic carbocycles. The summed E-state index contributed by atoms with van der Waals surface area (Å²) in [7, 11) is 0. The summed E-state index contributed by atoms with van der Waals surface area (Å²) >= 11 is 0. The Hall–Kier alpha value is -2.30. The molecule has 1 fully saturated rings. The molecule has 30 heavy (non-hydrogen) atoms. The van der Waals surface area contributed by atoms with E-state index in [0.29, 0.717) is 19.6 Å². The highest BCUT2D eigenvalue weighted by Gasteiger charge is 2.39. The largest absolute Gasteiger partial charge is 0.444 e. The van der Waals surface area contributed by atoms with Gasteiger partial charge in [-0.1, -0.05) is 6.92 Å². The number of carbonyl (C=O) groups excluding carboxylic acids is 2. The van der Waals surface area contributed by atoms with Gasteiger partial charge in [-0.25, -0.2) is 9.78 Å². The minimum atomic E-state index is -4.65. The van der Waals surface area contributed by atoms with Crippen molar-refractivity contribution < 1.29 is 32.2 Å². The molecule has 1 aromatic rings. The van der Waals surface area contributed by atoms with Crippen LogP contribution in [-0.4, -0.2) is 64.3 Å². The summed E-state index contributed by atoms with van der Waals surface area (Å²) in [5.74, 6) is -1.15. The van der Waals surface area contributed by atoms with Gasteiger partial charge in [-0.15, -0.1) is 0 Å². The van der Waals surface area contributed by atoms with Crippen LogP contribution in [0.1, 0.15) is 63.0 Å². The number of H-pyrrole nitrogens is 1. The Bertz CT molecular complexity index is 758. The molecule has 8 nitrogen and oxygen atoms in total. The van der Waals surface area contributed by atoms with Crippen LogP contribution in [0.2, 0.25) is 0 Å². The summed E-state index contributed by atoms with van der Waals surface area (Å²) in [4.78, 5) is 32.3. The van der Waals surface area contributed by atoms with Crippen LogP contribution in [0.5, 0.6) is 0 Å². The summed E-state index contributed by atoms with van der Waals surface area (Å²) < 4.78 is 50.3. The number of hydrogen-bond donors (Lipinski definition) is 2. The molecule has 1 aromatic heterocycles. The van der Waals surface area contributed by atoms with Gasteiger partial charge < -0.3 is 24.7 Å². The van der Waals surface area contributed by atoms with Gasteiger partial charge in [0.15, 0.2) is 11.5 Å². The van der Waals surface area contributed by atoms with Crippen molar-refractivity contribution in [3.63, 3.8) is 0 Å². The van der Waals surface area contributed by atoms with Crippen LogP contribution in [0, 0.1) is 0 Å². The standard InChI is InChI=1S/C19H29F3N4O4/c1-6-11-14(19(20,21)22)25-15(23-11)16(27)24-12-8-9-26(10-13(12)29-7-2)17(28)30-18(3,4)5/h12-13H,6-10H2,1-5H3,(H,23,25)(H,24,27)/t12-,13+/m0/s1. The number of amides is 2. The molecule has 170 valence electrons. The van der Waals surface area contributed by atoms with E-state index in [1.807, 2.05) is 0 Å². The molecule has 1 saturated heterocycles. The Morgan fingerprint density at radius 3 is 2.43 bits per heavy atom. The van der Waals surface area contributed by atoms with E-state index >= 15 is 0 Å². The SMILES string of the molecule is CCO[C@@H]1CN(C(=O)OC(C)(C)C)CC[C@@H]1NC(=O)c1nc(C(F)(F)F)c(CC)[nH]1. The molecular weight excluding hydrogens is 405 g/mol. The fraction of sp³-hybridized carbons (Fsp3) is 0.737. The lowest BCUT2D eigenvalue weighted by Crippen LogP contribution is -2.57. The molecule has 0 radical (unpaired) electrons. The zero-order valence-corrected chi connectivity index (χ0v) is 17.9. The Morgan fingerprint density at radius 2 is 1.93 bits per heavy atom. The summed E-state index contributed by atoms with van der Waals surface area (Å²) in [6.07, 6.45) is -5.23. The number of aromatic nitrogens is 2. The summed E-state index contributed by atoms with van der Waals surface area (Å²) in [5.41, 5.74) is -1.87. The number of carbonyl (C=O) groups is 2. The minimum Gasteiger partial charge on any atom is -0.444 e. The van der Waals surface area contributed by atoms with Gasteiger partial charge in [0.1, 0.15) is 5.60 Å². The maximum absolute atomic E-state index is 13.1. The predicted octanol–water partition coefficient (Wildman–Crippen LogP) is 3.14. The third-order valence-electron chi connectivity index (χ3n) is 4.52. The highest BCUT2D eigenvalue weighted by atomic mass is 19.4. The molecule has 2 heterocycles. The van der Waals surface area contributed by atoms with E-state index in [1.165, 1.54) is 4.90 Å². The Balaban J connectivity index is 2.09. The average molecular weight is 434 g/mol. The first-order chi connectivity index (χ1) is 13.9. The quantitative estimate of drug-likeness (QED) is 0.742. The second-order valence-electron chi connectivity index (χ2n) is 8.05. The van der Waals surface area contributed by atoms with Crippen molar-refractivity contribution >= 4 is 12.0 Å². The van der Waals surface area contributed by atoms with Gasteiger partial charge in [0.25, 0.3) is 5.91 Å². The van der Waals surface area contributed by atoms with Crippen LogP contribution in [0.25, 0.3) is 0 Å². The van der Waals surface area contributed by atoms with Gasteiger partial charge >= 0.3 is 12.3 Å². The molecule has 1 aliphatic rings. The number of hydrogen-bond acceptors (Lipinski definition) is 5. The van der Waals surface area contributed by atoms with Crippen LogP contribution >= 0.6 is 0 Å². The second-order valence-corrected chi connectivity index (χ2v) is 8.05. The van der Waals surface area contributed by atoms with Crippen LogP contribution in [0.15, 0.2) is 0 Å². The molecule has 0 unspecified atom stereocenters. The van der Waals surface area contributed by atoms with Gasteiger partial charge in [0, 0.05) is 18.8 Å². The van der Waals surface area contributed by atoms with E-state index < -0.39 is 47.4 Å². The van der Waals surface area contributed by atoms with Crippen LogP contribution in [0.4, 0.5) is 18.0 Å². The van der Waals surface area contributed by atoms with Gasteiger partial charge in [0.2, 0.25) is 0 Å². The van der Waals surface area contributed by atoms with Gasteiger partial charge in [0.05, 0.1) is 18.7 Å².